The molecular formula is C16H28N4OS. The molecule has 0 bridgehead atoms. The highest BCUT2D eigenvalue weighted by molar-refractivity contribution is 7.09. The van der Waals surface area contributed by atoms with Gasteiger partial charge in [-0.2, -0.15) is 0 Å². The molecular weight excluding hydrogens is 296 g/mol. The van der Waals surface area contributed by atoms with Gasteiger partial charge in [0.15, 0.2) is 5.96 Å². The van der Waals surface area contributed by atoms with E-state index in [-0.39, 0.29) is 11.9 Å². The third kappa shape index (κ3) is 6.93. The molecule has 1 atom stereocenters. The van der Waals surface area contributed by atoms with Crippen molar-refractivity contribution >= 4 is 23.2 Å². The highest BCUT2D eigenvalue weighted by Crippen LogP contribution is 2.09. The number of likely N-dealkylation sites (N-methyl/N-ethyl adjacent to an activating group) is 1. The van der Waals surface area contributed by atoms with Crippen LogP contribution in [-0.4, -0.2) is 50.0 Å². The van der Waals surface area contributed by atoms with Gasteiger partial charge in [-0.3, -0.25) is 9.79 Å². The fourth-order valence-electron chi connectivity index (χ4n) is 1.96. The molecule has 1 amide bonds. The molecule has 1 unspecified atom stereocenters. The second-order valence-corrected chi connectivity index (χ2v) is 6.38. The number of amides is 1. The summed E-state index contributed by atoms with van der Waals surface area (Å²) >= 11 is 1.77. The van der Waals surface area contributed by atoms with Gasteiger partial charge in [0.05, 0.1) is 0 Å². The summed E-state index contributed by atoms with van der Waals surface area (Å²) in [5.74, 6) is 0.909. The number of rotatable bonds is 8. The molecule has 0 saturated heterocycles. The van der Waals surface area contributed by atoms with E-state index in [0.29, 0.717) is 13.0 Å². The van der Waals surface area contributed by atoms with Crippen molar-refractivity contribution in [3.63, 3.8) is 0 Å². The van der Waals surface area contributed by atoms with Crippen LogP contribution in [0, 0.1) is 0 Å². The zero-order valence-electron chi connectivity index (χ0n) is 14.1. The maximum absolute atomic E-state index is 11.7. The third-order valence-electron chi connectivity index (χ3n) is 3.50. The van der Waals surface area contributed by atoms with Crippen LogP contribution in [0.1, 0.15) is 31.6 Å². The number of guanidine groups is 1. The summed E-state index contributed by atoms with van der Waals surface area (Å²) in [5, 5.41) is 8.30. The maximum atomic E-state index is 11.7. The Morgan fingerprint density at radius 1 is 1.50 bits per heavy atom. The topological polar surface area (TPSA) is 56.7 Å². The molecule has 0 aliphatic rings. The molecule has 0 aromatic carbocycles. The van der Waals surface area contributed by atoms with Gasteiger partial charge in [-0.25, -0.2) is 0 Å². The molecule has 0 aliphatic carbocycles. The summed E-state index contributed by atoms with van der Waals surface area (Å²) in [7, 11) is 3.78. The van der Waals surface area contributed by atoms with E-state index in [1.807, 2.05) is 14.0 Å². The van der Waals surface area contributed by atoms with E-state index in [1.54, 1.807) is 18.4 Å². The Hall–Kier alpha value is -1.56. The molecule has 1 rings (SSSR count). The lowest BCUT2D eigenvalue weighted by Gasteiger charge is -2.22. The Balaban J connectivity index is 2.27. The fourth-order valence-corrected chi connectivity index (χ4v) is 2.66. The van der Waals surface area contributed by atoms with E-state index in [9.17, 15) is 4.79 Å². The highest BCUT2D eigenvalue weighted by Gasteiger charge is 2.08. The average Bonchev–Trinajstić information content (AvgIpc) is 3.02. The smallest absolute Gasteiger partial charge is 0.221 e. The summed E-state index contributed by atoms with van der Waals surface area (Å²) in [6.45, 7) is 5.58. The van der Waals surface area contributed by atoms with Crippen LogP contribution in [-0.2, 0) is 11.2 Å². The Bertz CT molecular complexity index is 459. The van der Waals surface area contributed by atoms with Crippen LogP contribution in [0.25, 0.3) is 0 Å². The lowest BCUT2D eigenvalue weighted by molar-refractivity contribution is -0.121. The monoisotopic (exact) mass is 324 g/mol. The Kier molecular flexibility index (Phi) is 8.58. The lowest BCUT2D eigenvalue weighted by Crippen LogP contribution is -2.42. The normalized spacial score (nSPS) is 12.8. The molecule has 0 spiro atoms. The van der Waals surface area contributed by atoms with Crippen molar-refractivity contribution in [2.75, 3.05) is 27.2 Å². The quantitative estimate of drug-likeness (QED) is 0.569. The predicted octanol–water partition coefficient (Wildman–Crippen LogP) is 2.10. The van der Waals surface area contributed by atoms with Gasteiger partial charge >= 0.3 is 0 Å². The second-order valence-electron chi connectivity index (χ2n) is 5.35. The third-order valence-corrected chi connectivity index (χ3v) is 4.44. The largest absolute Gasteiger partial charge is 0.356 e. The molecule has 0 saturated carbocycles. The lowest BCUT2D eigenvalue weighted by atomic mass is 10.2. The first-order chi connectivity index (χ1) is 10.6. The zero-order valence-corrected chi connectivity index (χ0v) is 14.9. The number of aliphatic imine (C=N–C) groups is 1. The first-order valence-corrected chi connectivity index (χ1v) is 8.68. The van der Waals surface area contributed by atoms with Crippen LogP contribution >= 0.6 is 11.3 Å². The number of hydrogen-bond donors (Lipinski definition) is 2. The van der Waals surface area contributed by atoms with Crippen molar-refractivity contribution in [3.8, 4) is 0 Å². The highest BCUT2D eigenvalue weighted by atomic mass is 32.1. The minimum Gasteiger partial charge on any atom is -0.356 e. The van der Waals surface area contributed by atoms with Gasteiger partial charge < -0.3 is 15.5 Å². The van der Waals surface area contributed by atoms with Crippen LogP contribution < -0.4 is 10.6 Å². The number of nitrogens with zero attached hydrogens (tertiary/aromatic N) is 2. The van der Waals surface area contributed by atoms with Crippen molar-refractivity contribution in [2.24, 2.45) is 4.99 Å². The van der Waals surface area contributed by atoms with Gasteiger partial charge in [-0.15, -0.1) is 11.3 Å². The number of hydrogen-bond acceptors (Lipinski definition) is 3. The minimum atomic E-state index is 0.0820. The molecule has 1 aromatic rings. The SMILES string of the molecule is CCC(C)NC(=O)CCNC(=NC)N(C)CCc1cccs1. The van der Waals surface area contributed by atoms with Crippen molar-refractivity contribution in [3.05, 3.63) is 22.4 Å². The zero-order chi connectivity index (χ0) is 16.4. The first-order valence-electron chi connectivity index (χ1n) is 7.80. The minimum absolute atomic E-state index is 0.0820. The van der Waals surface area contributed by atoms with Crippen LogP contribution in [0.3, 0.4) is 0 Å². The van der Waals surface area contributed by atoms with E-state index >= 15 is 0 Å². The van der Waals surface area contributed by atoms with Crippen molar-refractivity contribution in [1.29, 1.82) is 0 Å². The van der Waals surface area contributed by atoms with E-state index in [4.69, 9.17) is 0 Å². The molecule has 6 heteroatoms. The van der Waals surface area contributed by atoms with Gasteiger partial charge in [-0.1, -0.05) is 13.0 Å². The van der Waals surface area contributed by atoms with Gasteiger partial charge in [0, 0.05) is 44.5 Å². The number of thiophene rings is 1. The van der Waals surface area contributed by atoms with Gasteiger partial charge in [-0.05, 0) is 31.2 Å². The van der Waals surface area contributed by atoms with Crippen molar-refractivity contribution in [2.45, 2.75) is 39.2 Å². The molecule has 124 valence electrons. The van der Waals surface area contributed by atoms with Crippen molar-refractivity contribution in [1.82, 2.24) is 15.5 Å². The van der Waals surface area contributed by atoms with Gasteiger partial charge in [0.2, 0.25) is 5.91 Å². The standard InChI is InChI=1S/C16H28N4OS/c1-5-13(2)19-15(21)8-10-18-16(17-3)20(4)11-9-14-7-6-12-22-14/h6-7,12-13H,5,8-11H2,1-4H3,(H,17,18)(H,19,21). The van der Waals surface area contributed by atoms with Crippen LogP contribution in [0.2, 0.25) is 0 Å². The molecule has 0 radical (unpaired) electrons. The number of carbonyl (C=O) groups is 1. The molecule has 5 nitrogen and oxygen atoms in total. The molecule has 22 heavy (non-hydrogen) atoms. The fraction of sp³-hybridized carbons (Fsp3) is 0.625. The van der Waals surface area contributed by atoms with Crippen molar-refractivity contribution < 1.29 is 4.79 Å². The van der Waals surface area contributed by atoms with Gasteiger partial charge in [0.25, 0.3) is 0 Å². The molecule has 1 heterocycles. The Morgan fingerprint density at radius 2 is 2.27 bits per heavy atom. The molecule has 0 fully saturated rings. The first kappa shape index (κ1) is 18.5. The summed E-state index contributed by atoms with van der Waals surface area (Å²) in [4.78, 5) is 19.5. The molecule has 1 aromatic heterocycles. The predicted molar refractivity (Wildman–Crippen MR) is 94.5 cm³/mol. The number of carbonyl (C=O) groups excluding carboxylic acids is 1. The number of nitrogens with one attached hydrogen (secondary N) is 2. The van der Waals surface area contributed by atoms with E-state index in [0.717, 1.165) is 25.3 Å². The Morgan fingerprint density at radius 3 is 2.86 bits per heavy atom. The maximum Gasteiger partial charge on any atom is 0.221 e. The summed E-state index contributed by atoms with van der Waals surface area (Å²) in [5.41, 5.74) is 0. The molecule has 2 N–H and O–H groups in total. The Labute approximate surface area is 137 Å². The second kappa shape index (κ2) is 10.2. The van der Waals surface area contributed by atoms with E-state index < -0.39 is 0 Å². The summed E-state index contributed by atoms with van der Waals surface area (Å²) in [6.07, 6.45) is 2.41. The summed E-state index contributed by atoms with van der Waals surface area (Å²) < 4.78 is 0. The van der Waals surface area contributed by atoms with E-state index in [2.05, 4.69) is 45.0 Å². The van der Waals surface area contributed by atoms with Crippen LogP contribution in [0.15, 0.2) is 22.5 Å². The average molecular weight is 324 g/mol. The van der Waals surface area contributed by atoms with Crippen LogP contribution in [0.5, 0.6) is 0 Å². The van der Waals surface area contributed by atoms with Gasteiger partial charge in [0.1, 0.15) is 0 Å². The van der Waals surface area contributed by atoms with Crippen LogP contribution in [0.4, 0.5) is 0 Å². The van der Waals surface area contributed by atoms with E-state index in [1.165, 1.54) is 4.88 Å². The summed E-state index contributed by atoms with van der Waals surface area (Å²) in [6, 6.07) is 4.46. The molecule has 0 aliphatic heterocycles.